The van der Waals surface area contributed by atoms with Gasteiger partial charge in [-0.25, -0.2) is 14.1 Å². The first-order valence-electron chi connectivity index (χ1n) is 13.9. The van der Waals surface area contributed by atoms with Gasteiger partial charge in [0.25, 0.3) is 11.8 Å². The van der Waals surface area contributed by atoms with Crippen LogP contribution in [0.1, 0.15) is 44.9 Å². The molecule has 4 aromatic rings. The molecule has 1 atom stereocenters. The first kappa shape index (κ1) is 28.0. The van der Waals surface area contributed by atoms with Crippen LogP contribution in [-0.4, -0.2) is 58.3 Å². The number of hydrogen-bond donors (Lipinski definition) is 1. The summed E-state index contributed by atoms with van der Waals surface area (Å²) < 4.78 is 21.2. The molecule has 11 heteroatoms. The minimum Gasteiger partial charge on any atom is -0.489 e. The van der Waals surface area contributed by atoms with Crippen LogP contribution < -0.4 is 15.0 Å². The number of nitrogens with one attached hydrogen (secondary N) is 1. The van der Waals surface area contributed by atoms with Crippen LogP contribution in [0.4, 0.5) is 10.1 Å². The minimum atomic E-state index is -0.980. The third kappa shape index (κ3) is 6.20. The van der Waals surface area contributed by atoms with Gasteiger partial charge in [0, 0.05) is 31.7 Å². The number of benzene rings is 3. The fraction of sp³-hybridized carbons (Fsp3) is 0.250. The van der Waals surface area contributed by atoms with E-state index in [-0.39, 0.29) is 36.5 Å². The number of hydrogen-bond acceptors (Lipinski definition) is 7. The SMILES string of the molecule is CN1C(=O)C(NC(=O)c2ncn(Cc3ccccc3F)n2)COc2ccc(CCC(=O)Cc3ccc4c(c3)CN=C4)cc21. The Labute approximate surface area is 247 Å². The van der Waals surface area contributed by atoms with Crippen LogP contribution in [0.25, 0.3) is 0 Å². The number of carbonyl (C=O) groups is 3. The maximum atomic E-state index is 14.0. The van der Waals surface area contributed by atoms with Gasteiger partial charge < -0.3 is 15.0 Å². The number of ketones is 1. The van der Waals surface area contributed by atoms with E-state index in [4.69, 9.17) is 4.74 Å². The highest BCUT2D eigenvalue weighted by Gasteiger charge is 2.31. The Morgan fingerprint density at radius 2 is 1.93 bits per heavy atom. The number of aliphatic imine (C=N–C) groups is 1. The second-order valence-corrected chi connectivity index (χ2v) is 10.6. The van der Waals surface area contributed by atoms with Crippen LogP contribution in [0, 0.1) is 5.82 Å². The third-order valence-corrected chi connectivity index (χ3v) is 7.55. The molecule has 6 rings (SSSR count). The maximum absolute atomic E-state index is 14.0. The third-order valence-electron chi connectivity index (χ3n) is 7.55. The van der Waals surface area contributed by atoms with Crippen molar-refractivity contribution in [3.8, 4) is 5.75 Å². The Bertz CT molecular complexity index is 1750. The molecule has 3 aromatic carbocycles. The van der Waals surface area contributed by atoms with E-state index in [0.29, 0.717) is 42.8 Å². The van der Waals surface area contributed by atoms with Crippen LogP contribution in [0.2, 0.25) is 0 Å². The summed E-state index contributed by atoms with van der Waals surface area (Å²) in [5.41, 5.74) is 5.08. The van der Waals surface area contributed by atoms with Crippen molar-refractivity contribution in [1.82, 2.24) is 20.1 Å². The predicted molar refractivity (Wildman–Crippen MR) is 157 cm³/mol. The molecule has 0 spiro atoms. The Morgan fingerprint density at radius 3 is 2.79 bits per heavy atom. The molecule has 218 valence electrons. The number of carbonyl (C=O) groups excluding carboxylic acids is 3. The van der Waals surface area contributed by atoms with Crippen LogP contribution in [-0.2, 0) is 35.5 Å². The van der Waals surface area contributed by atoms with Crippen molar-refractivity contribution in [1.29, 1.82) is 0 Å². The molecule has 10 nitrogen and oxygen atoms in total. The summed E-state index contributed by atoms with van der Waals surface area (Å²) in [4.78, 5) is 48.6. The standard InChI is InChI=1S/C32H29FN6O4/c1-38-28-14-20(7-10-25(40)13-21-6-9-22-15-34-16-24(22)12-21)8-11-29(28)43-18-27(32(38)42)36-31(41)30-35-19-39(37-30)17-23-4-2-3-5-26(23)33/h2-6,8-9,11-12,14-15,19,27H,7,10,13,16-18H2,1H3,(H,36,41). The lowest BCUT2D eigenvalue weighted by atomic mass is 9.99. The number of likely N-dealkylation sites (N-methyl/N-ethyl adjacent to an activating group) is 1. The zero-order valence-corrected chi connectivity index (χ0v) is 23.5. The lowest BCUT2D eigenvalue weighted by Gasteiger charge is -2.20. The molecule has 0 radical (unpaired) electrons. The molecule has 2 aliphatic rings. The van der Waals surface area contributed by atoms with Crippen molar-refractivity contribution in [3.63, 3.8) is 0 Å². The van der Waals surface area contributed by atoms with E-state index in [1.54, 1.807) is 31.3 Å². The lowest BCUT2D eigenvalue weighted by molar-refractivity contribution is -0.120. The number of Topliss-reactive ketones (excluding diaryl/α,β-unsaturated/α-hetero) is 1. The number of rotatable bonds is 9. The number of aromatic nitrogens is 3. The summed E-state index contributed by atoms with van der Waals surface area (Å²) in [5, 5.41) is 6.79. The molecular formula is C32H29FN6O4. The zero-order chi connectivity index (χ0) is 29.9. The van der Waals surface area contributed by atoms with Gasteiger partial charge in [-0.1, -0.05) is 42.5 Å². The molecule has 0 aliphatic carbocycles. The summed E-state index contributed by atoms with van der Waals surface area (Å²) in [6.07, 6.45) is 4.42. The van der Waals surface area contributed by atoms with E-state index in [0.717, 1.165) is 22.3 Å². The molecule has 0 fully saturated rings. The summed E-state index contributed by atoms with van der Waals surface area (Å²) in [7, 11) is 1.61. The van der Waals surface area contributed by atoms with Gasteiger partial charge in [0.2, 0.25) is 5.82 Å². The largest absolute Gasteiger partial charge is 0.489 e. The van der Waals surface area contributed by atoms with Gasteiger partial charge in [-0.3, -0.25) is 19.4 Å². The monoisotopic (exact) mass is 580 g/mol. The van der Waals surface area contributed by atoms with E-state index < -0.39 is 11.9 Å². The molecule has 3 heterocycles. The quantitative estimate of drug-likeness (QED) is 0.325. The maximum Gasteiger partial charge on any atom is 0.291 e. The Balaban J connectivity index is 1.06. The normalized spacial score (nSPS) is 15.4. The van der Waals surface area contributed by atoms with Gasteiger partial charge in [-0.15, -0.1) is 5.10 Å². The predicted octanol–water partition coefficient (Wildman–Crippen LogP) is 3.30. The first-order chi connectivity index (χ1) is 20.8. The number of nitrogens with zero attached hydrogens (tertiary/aromatic N) is 5. The molecule has 1 aromatic heterocycles. The number of halogens is 1. The van der Waals surface area contributed by atoms with E-state index in [2.05, 4.69) is 20.4 Å². The van der Waals surface area contributed by atoms with Crippen LogP contribution >= 0.6 is 0 Å². The topological polar surface area (TPSA) is 119 Å². The first-order valence-corrected chi connectivity index (χ1v) is 13.9. The second-order valence-electron chi connectivity index (χ2n) is 10.6. The van der Waals surface area contributed by atoms with Crippen molar-refractivity contribution < 1.29 is 23.5 Å². The van der Waals surface area contributed by atoms with E-state index in [1.165, 1.54) is 22.0 Å². The molecule has 0 saturated heterocycles. The van der Waals surface area contributed by atoms with Crippen molar-refractivity contribution in [2.45, 2.75) is 38.4 Å². The molecule has 43 heavy (non-hydrogen) atoms. The molecule has 2 aliphatic heterocycles. The van der Waals surface area contributed by atoms with Crippen molar-refractivity contribution >= 4 is 29.5 Å². The van der Waals surface area contributed by atoms with Gasteiger partial charge >= 0.3 is 0 Å². The van der Waals surface area contributed by atoms with Crippen LogP contribution in [0.3, 0.4) is 0 Å². The summed E-state index contributed by atoms with van der Waals surface area (Å²) in [5.74, 6) is -0.921. The zero-order valence-electron chi connectivity index (χ0n) is 23.5. The smallest absolute Gasteiger partial charge is 0.291 e. The van der Waals surface area contributed by atoms with Gasteiger partial charge in [-0.2, -0.15) is 0 Å². The molecule has 1 unspecified atom stereocenters. The van der Waals surface area contributed by atoms with Gasteiger partial charge in [-0.05, 0) is 46.9 Å². The number of amides is 2. The molecule has 0 saturated carbocycles. The number of anilines is 1. The van der Waals surface area contributed by atoms with Gasteiger partial charge in [0.1, 0.15) is 36.3 Å². The van der Waals surface area contributed by atoms with Gasteiger partial charge in [0.05, 0.1) is 18.8 Å². The fourth-order valence-corrected chi connectivity index (χ4v) is 5.18. The Hall–Kier alpha value is -5.19. The average Bonchev–Trinajstić information content (AvgIpc) is 3.66. The lowest BCUT2D eigenvalue weighted by Crippen LogP contribution is -2.49. The minimum absolute atomic E-state index is 0.0818. The van der Waals surface area contributed by atoms with Gasteiger partial charge in [0.15, 0.2) is 0 Å². The Kier molecular flexibility index (Phi) is 7.78. The molecular weight excluding hydrogens is 551 g/mol. The highest BCUT2D eigenvalue weighted by molar-refractivity contribution is 6.02. The summed E-state index contributed by atoms with van der Waals surface area (Å²) in [6.45, 7) is 0.680. The average molecular weight is 581 g/mol. The molecule has 0 bridgehead atoms. The van der Waals surface area contributed by atoms with Crippen molar-refractivity contribution in [3.05, 3.63) is 106 Å². The Morgan fingerprint density at radius 1 is 1.09 bits per heavy atom. The fourth-order valence-electron chi connectivity index (χ4n) is 5.18. The number of ether oxygens (including phenoxy) is 1. The molecule has 2 amide bonds. The van der Waals surface area contributed by atoms with E-state index in [1.807, 2.05) is 36.5 Å². The van der Waals surface area contributed by atoms with Crippen LogP contribution in [0.15, 0.2) is 72.0 Å². The number of fused-ring (bicyclic) bond motifs is 2. The van der Waals surface area contributed by atoms with Crippen LogP contribution in [0.5, 0.6) is 5.75 Å². The number of aryl methyl sites for hydroxylation is 1. The van der Waals surface area contributed by atoms with Crippen molar-refractivity contribution in [2.75, 3.05) is 18.6 Å². The summed E-state index contributed by atoms with van der Waals surface area (Å²) in [6, 6.07) is 16.8. The van der Waals surface area contributed by atoms with Crippen molar-refractivity contribution in [2.24, 2.45) is 4.99 Å². The molecule has 1 N–H and O–H groups in total. The van der Waals surface area contributed by atoms with E-state index >= 15 is 0 Å². The highest BCUT2D eigenvalue weighted by Crippen LogP contribution is 2.32. The highest BCUT2D eigenvalue weighted by atomic mass is 19.1. The second kappa shape index (κ2) is 12.0. The summed E-state index contributed by atoms with van der Waals surface area (Å²) >= 11 is 0. The van der Waals surface area contributed by atoms with E-state index in [9.17, 15) is 18.8 Å².